The number of methoxy groups -OCH3 is 1. The van der Waals surface area contributed by atoms with Crippen LogP contribution in [-0.4, -0.2) is 38.9 Å². The van der Waals surface area contributed by atoms with Crippen LogP contribution >= 0.6 is 27.5 Å². The Morgan fingerprint density at radius 2 is 2.00 bits per heavy atom. The minimum atomic E-state index is -0.245. The summed E-state index contributed by atoms with van der Waals surface area (Å²) in [7, 11) is 1.55. The lowest BCUT2D eigenvalue weighted by atomic mass is 10.2. The third-order valence-corrected chi connectivity index (χ3v) is 5.86. The smallest absolute Gasteiger partial charge is 0.264 e. The molecule has 2 aromatic carbocycles. The van der Waals surface area contributed by atoms with Gasteiger partial charge >= 0.3 is 0 Å². The van der Waals surface area contributed by atoms with E-state index in [1.54, 1.807) is 42.1 Å². The molecule has 2 aromatic heterocycles. The van der Waals surface area contributed by atoms with E-state index in [4.69, 9.17) is 16.3 Å². The SMILES string of the molecule is COc1ccc(Br)c(C(=O)NCCn2ncc3c(=O)n(Cc4ccc(Cl)cc4)cnc32)c1. The third-order valence-electron chi connectivity index (χ3n) is 4.92. The number of benzene rings is 2. The van der Waals surface area contributed by atoms with E-state index in [9.17, 15) is 9.59 Å². The highest BCUT2D eigenvalue weighted by Gasteiger charge is 2.13. The lowest BCUT2D eigenvalue weighted by Crippen LogP contribution is -2.28. The maximum absolute atomic E-state index is 12.8. The van der Waals surface area contributed by atoms with Gasteiger partial charge < -0.3 is 10.1 Å². The molecule has 1 amide bonds. The van der Waals surface area contributed by atoms with Crippen molar-refractivity contribution in [2.75, 3.05) is 13.7 Å². The molecule has 0 saturated carbocycles. The predicted octanol–water partition coefficient (Wildman–Crippen LogP) is 3.50. The van der Waals surface area contributed by atoms with Crippen LogP contribution < -0.4 is 15.6 Å². The van der Waals surface area contributed by atoms with E-state index < -0.39 is 0 Å². The van der Waals surface area contributed by atoms with Crippen LogP contribution in [0.1, 0.15) is 15.9 Å². The molecular weight excluding hydrogens is 498 g/mol. The fraction of sp³-hybridized carbons (Fsp3) is 0.182. The number of fused-ring (bicyclic) bond motifs is 1. The van der Waals surface area contributed by atoms with Crippen LogP contribution in [-0.2, 0) is 13.1 Å². The standard InChI is InChI=1S/C22H19BrClN5O3/c1-32-16-6-7-19(23)17(10-16)21(30)25-8-9-29-20-18(11-27-29)22(31)28(13-26-20)12-14-2-4-15(24)5-3-14/h2-7,10-11,13H,8-9,12H2,1H3,(H,25,30). The van der Waals surface area contributed by atoms with Gasteiger partial charge in [-0.2, -0.15) is 5.10 Å². The van der Waals surface area contributed by atoms with Crippen LogP contribution in [0.2, 0.25) is 5.02 Å². The second kappa shape index (κ2) is 9.54. The molecular formula is C22H19BrClN5O3. The van der Waals surface area contributed by atoms with Crippen molar-refractivity contribution in [2.45, 2.75) is 13.1 Å². The highest BCUT2D eigenvalue weighted by atomic mass is 79.9. The molecule has 1 N–H and O–H groups in total. The van der Waals surface area contributed by atoms with Crippen molar-refractivity contribution in [1.29, 1.82) is 0 Å². The molecule has 0 atom stereocenters. The molecule has 0 aliphatic carbocycles. The van der Waals surface area contributed by atoms with E-state index in [0.717, 1.165) is 5.56 Å². The number of hydrogen-bond acceptors (Lipinski definition) is 5. The Morgan fingerprint density at radius 3 is 2.75 bits per heavy atom. The third kappa shape index (κ3) is 4.68. The Bertz CT molecular complexity index is 1330. The monoisotopic (exact) mass is 515 g/mol. The first-order valence-corrected chi connectivity index (χ1v) is 10.9. The summed E-state index contributed by atoms with van der Waals surface area (Å²) in [5.41, 5.74) is 1.70. The van der Waals surface area contributed by atoms with Gasteiger partial charge in [-0.25, -0.2) is 9.67 Å². The van der Waals surface area contributed by atoms with Gasteiger partial charge in [0.2, 0.25) is 0 Å². The van der Waals surface area contributed by atoms with Gasteiger partial charge in [0.25, 0.3) is 11.5 Å². The maximum Gasteiger partial charge on any atom is 0.264 e. The zero-order chi connectivity index (χ0) is 22.7. The summed E-state index contributed by atoms with van der Waals surface area (Å²) in [6.07, 6.45) is 3.01. The van der Waals surface area contributed by atoms with Crippen LogP contribution in [0.5, 0.6) is 5.75 Å². The van der Waals surface area contributed by atoms with Gasteiger partial charge in [-0.15, -0.1) is 0 Å². The Kier molecular flexibility index (Phi) is 6.57. The molecule has 2 heterocycles. The molecule has 32 heavy (non-hydrogen) atoms. The van der Waals surface area contributed by atoms with Crippen LogP contribution in [0.4, 0.5) is 0 Å². The number of carbonyl (C=O) groups is 1. The molecule has 0 saturated heterocycles. The molecule has 0 aliphatic heterocycles. The first-order valence-electron chi connectivity index (χ1n) is 9.73. The van der Waals surface area contributed by atoms with Gasteiger partial charge in [-0.1, -0.05) is 23.7 Å². The largest absolute Gasteiger partial charge is 0.497 e. The molecule has 0 radical (unpaired) electrons. The minimum Gasteiger partial charge on any atom is -0.497 e. The number of ether oxygens (including phenoxy) is 1. The van der Waals surface area contributed by atoms with E-state index in [1.165, 1.54) is 17.1 Å². The highest BCUT2D eigenvalue weighted by molar-refractivity contribution is 9.10. The second-order valence-corrected chi connectivity index (χ2v) is 8.30. The minimum absolute atomic E-state index is 0.180. The molecule has 0 unspecified atom stereocenters. The van der Waals surface area contributed by atoms with Crippen molar-refractivity contribution >= 4 is 44.5 Å². The van der Waals surface area contributed by atoms with Crippen LogP contribution in [0, 0.1) is 0 Å². The van der Waals surface area contributed by atoms with Gasteiger partial charge in [0, 0.05) is 16.0 Å². The summed E-state index contributed by atoms with van der Waals surface area (Å²) in [5, 5.41) is 8.18. The summed E-state index contributed by atoms with van der Waals surface area (Å²) in [4.78, 5) is 29.8. The summed E-state index contributed by atoms with van der Waals surface area (Å²) in [5.74, 6) is 0.348. The van der Waals surface area contributed by atoms with Crippen LogP contribution in [0.25, 0.3) is 11.0 Å². The Hall–Kier alpha value is -3.17. The number of amides is 1. The topological polar surface area (TPSA) is 91.0 Å². The van der Waals surface area contributed by atoms with Crippen molar-refractivity contribution in [3.8, 4) is 5.75 Å². The zero-order valence-corrected chi connectivity index (χ0v) is 19.4. The van der Waals surface area contributed by atoms with Crippen molar-refractivity contribution in [1.82, 2.24) is 24.6 Å². The Labute approximate surface area is 196 Å². The molecule has 0 fully saturated rings. The van der Waals surface area contributed by atoms with Crippen molar-refractivity contribution < 1.29 is 9.53 Å². The molecule has 4 rings (SSSR count). The maximum atomic E-state index is 12.8. The van der Waals surface area contributed by atoms with Gasteiger partial charge in [0.1, 0.15) is 17.5 Å². The fourth-order valence-electron chi connectivity index (χ4n) is 3.24. The van der Waals surface area contributed by atoms with Crippen LogP contribution in [0.15, 0.2) is 64.3 Å². The number of nitrogens with zero attached hydrogens (tertiary/aromatic N) is 4. The van der Waals surface area contributed by atoms with Gasteiger partial charge in [0.15, 0.2) is 5.65 Å². The fourth-order valence-corrected chi connectivity index (χ4v) is 3.79. The predicted molar refractivity (Wildman–Crippen MR) is 125 cm³/mol. The number of aromatic nitrogens is 4. The van der Waals surface area contributed by atoms with E-state index in [-0.39, 0.29) is 11.5 Å². The first-order chi connectivity index (χ1) is 15.5. The summed E-state index contributed by atoms with van der Waals surface area (Å²) in [6.45, 7) is 1.06. The summed E-state index contributed by atoms with van der Waals surface area (Å²) < 4.78 is 8.97. The zero-order valence-electron chi connectivity index (χ0n) is 17.1. The highest BCUT2D eigenvalue weighted by Crippen LogP contribution is 2.22. The molecule has 0 bridgehead atoms. The average molecular weight is 517 g/mol. The first kappa shape index (κ1) is 22.0. The average Bonchev–Trinajstić information content (AvgIpc) is 3.21. The van der Waals surface area contributed by atoms with E-state index in [0.29, 0.717) is 51.5 Å². The van der Waals surface area contributed by atoms with Gasteiger partial charge in [-0.3, -0.25) is 14.2 Å². The molecule has 0 spiro atoms. The second-order valence-electron chi connectivity index (χ2n) is 7.01. The molecule has 0 aliphatic rings. The van der Waals surface area contributed by atoms with Gasteiger partial charge in [-0.05, 0) is 51.8 Å². The van der Waals surface area contributed by atoms with Gasteiger partial charge in [0.05, 0.1) is 32.0 Å². The summed E-state index contributed by atoms with van der Waals surface area (Å²) >= 11 is 9.30. The van der Waals surface area contributed by atoms with Crippen molar-refractivity contribution in [3.63, 3.8) is 0 Å². The number of hydrogen-bond donors (Lipinski definition) is 1. The Balaban J connectivity index is 1.45. The molecule has 10 heteroatoms. The number of rotatable bonds is 7. The number of carbonyl (C=O) groups excluding carboxylic acids is 1. The van der Waals surface area contributed by atoms with Crippen molar-refractivity contribution in [3.05, 3.63) is 86.0 Å². The lowest BCUT2D eigenvalue weighted by Gasteiger charge is -2.09. The molecule has 4 aromatic rings. The normalized spacial score (nSPS) is 11.0. The van der Waals surface area contributed by atoms with E-state index in [2.05, 4.69) is 31.3 Å². The van der Waals surface area contributed by atoms with E-state index >= 15 is 0 Å². The molecule has 164 valence electrons. The van der Waals surface area contributed by atoms with E-state index in [1.807, 2.05) is 12.1 Å². The lowest BCUT2D eigenvalue weighted by molar-refractivity contribution is 0.0951. The summed E-state index contributed by atoms with van der Waals surface area (Å²) in [6, 6.07) is 12.5. The molecule has 8 nitrogen and oxygen atoms in total. The van der Waals surface area contributed by atoms with Crippen molar-refractivity contribution in [2.24, 2.45) is 0 Å². The number of nitrogens with one attached hydrogen (secondary N) is 1. The number of halogens is 2. The van der Waals surface area contributed by atoms with Crippen LogP contribution in [0.3, 0.4) is 0 Å². The quantitative estimate of drug-likeness (QED) is 0.406. The Morgan fingerprint density at radius 1 is 1.22 bits per heavy atom.